The molecule has 4 aromatic rings. The second kappa shape index (κ2) is 5.32. The molecule has 0 fully saturated rings. The summed E-state index contributed by atoms with van der Waals surface area (Å²) in [4.78, 5) is 19.1. The second-order valence-electron chi connectivity index (χ2n) is 5.37. The summed E-state index contributed by atoms with van der Waals surface area (Å²) in [6.07, 6.45) is -4.42. The summed E-state index contributed by atoms with van der Waals surface area (Å²) in [7, 11) is 0. The van der Waals surface area contributed by atoms with E-state index in [4.69, 9.17) is 11.6 Å². The number of H-pyrrole nitrogens is 1. The number of nitrogens with one attached hydrogen (secondary N) is 1. The summed E-state index contributed by atoms with van der Waals surface area (Å²) in [5, 5.41) is 5.13. The third kappa shape index (κ3) is 2.64. The van der Waals surface area contributed by atoms with Gasteiger partial charge in [-0.05, 0) is 30.3 Å². The van der Waals surface area contributed by atoms with Crippen LogP contribution in [0.3, 0.4) is 0 Å². The molecular weight excluding hydrogens is 357 g/mol. The summed E-state index contributed by atoms with van der Waals surface area (Å²) < 4.78 is 39.0. The predicted molar refractivity (Wildman–Crippen MR) is 86.6 cm³/mol. The maximum atomic E-state index is 12.7. The topological polar surface area (TPSA) is 63.0 Å². The lowest BCUT2D eigenvalue weighted by Crippen LogP contribution is -2.17. The van der Waals surface area contributed by atoms with E-state index >= 15 is 0 Å². The van der Waals surface area contributed by atoms with Crippen LogP contribution in [-0.4, -0.2) is 19.6 Å². The maximum Gasteiger partial charge on any atom is 0.416 e. The van der Waals surface area contributed by atoms with Gasteiger partial charge >= 0.3 is 11.9 Å². The van der Waals surface area contributed by atoms with Crippen LogP contribution < -0.4 is 5.69 Å². The minimum absolute atomic E-state index is 0.145. The van der Waals surface area contributed by atoms with Gasteiger partial charge in [0.15, 0.2) is 11.5 Å². The van der Waals surface area contributed by atoms with Crippen LogP contribution in [0.2, 0.25) is 5.02 Å². The van der Waals surface area contributed by atoms with E-state index < -0.39 is 17.4 Å². The zero-order chi connectivity index (χ0) is 17.8. The van der Waals surface area contributed by atoms with Gasteiger partial charge in [0.05, 0.1) is 11.1 Å². The Morgan fingerprint density at radius 2 is 1.80 bits per heavy atom. The average molecular weight is 365 g/mol. The number of alkyl halides is 3. The summed E-state index contributed by atoms with van der Waals surface area (Å²) in [5.41, 5.74) is -0.0960. The fourth-order valence-electron chi connectivity index (χ4n) is 2.54. The Kier molecular flexibility index (Phi) is 3.33. The van der Waals surface area contributed by atoms with Crippen molar-refractivity contribution in [2.24, 2.45) is 0 Å². The number of hydrogen-bond acceptors (Lipinski definition) is 3. The SMILES string of the molecule is O=c1[nH]c2ccc(Cl)cc2c2nc(-c3ccc(C(F)(F)F)cc3)nn12. The van der Waals surface area contributed by atoms with Crippen LogP contribution in [0.5, 0.6) is 0 Å². The first kappa shape index (κ1) is 15.6. The Bertz CT molecular complexity index is 1160. The van der Waals surface area contributed by atoms with Gasteiger partial charge in [0.25, 0.3) is 0 Å². The summed E-state index contributed by atoms with van der Waals surface area (Å²) in [5.74, 6) is 0.145. The summed E-state index contributed by atoms with van der Waals surface area (Å²) >= 11 is 5.99. The number of benzene rings is 2. The highest BCUT2D eigenvalue weighted by atomic mass is 35.5. The molecule has 0 saturated carbocycles. The highest BCUT2D eigenvalue weighted by molar-refractivity contribution is 6.31. The van der Waals surface area contributed by atoms with E-state index in [-0.39, 0.29) is 11.5 Å². The van der Waals surface area contributed by atoms with Crippen molar-refractivity contribution in [2.75, 3.05) is 0 Å². The zero-order valence-corrected chi connectivity index (χ0v) is 13.1. The smallest absolute Gasteiger partial charge is 0.305 e. The van der Waals surface area contributed by atoms with E-state index in [1.807, 2.05) is 0 Å². The van der Waals surface area contributed by atoms with Gasteiger partial charge in [-0.15, -0.1) is 5.10 Å². The quantitative estimate of drug-likeness (QED) is 0.557. The number of rotatable bonds is 1. The molecule has 1 N–H and O–H groups in total. The fraction of sp³-hybridized carbons (Fsp3) is 0.0625. The van der Waals surface area contributed by atoms with Crippen molar-refractivity contribution in [1.29, 1.82) is 0 Å². The molecule has 25 heavy (non-hydrogen) atoms. The molecule has 0 spiro atoms. The molecule has 0 bridgehead atoms. The monoisotopic (exact) mass is 364 g/mol. The van der Waals surface area contributed by atoms with Gasteiger partial charge in [0.1, 0.15) is 0 Å². The van der Waals surface area contributed by atoms with Crippen molar-refractivity contribution < 1.29 is 13.2 Å². The first-order valence-corrected chi connectivity index (χ1v) is 7.47. The number of halogens is 4. The number of hydrogen-bond donors (Lipinski definition) is 1. The van der Waals surface area contributed by atoms with E-state index in [9.17, 15) is 18.0 Å². The molecule has 5 nitrogen and oxygen atoms in total. The van der Waals surface area contributed by atoms with Crippen molar-refractivity contribution in [3.05, 3.63) is 63.5 Å². The summed E-state index contributed by atoms with van der Waals surface area (Å²) in [6, 6.07) is 9.32. The third-order valence-electron chi connectivity index (χ3n) is 3.73. The van der Waals surface area contributed by atoms with Crippen LogP contribution in [0, 0.1) is 0 Å². The van der Waals surface area contributed by atoms with Gasteiger partial charge in [-0.3, -0.25) is 0 Å². The van der Waals surface area contributed by atoms with Crippen LogP contribution in [0.4, 0.5) is 13.2 Å². The third-order valence-corrected chi connectivity index (χ3v) is 3.97. The Morgan fingerprint density at radius 1 is 1.08 bits per heavy atom. The van der Waals surface area contributed by atoms with Crippen molar-refractivity contribution in [3.63, 3.8) is 0 Å². The predicted octanol–water partition coefficient (Wildman–Crippen LogP) is 3.91. The molecule has 0 aliphatic heterocycles. The van der Waals surface area contributed by atoms with Gasteiger partial charge in [-0.2, -0.15) is 17.7 Å². The van der Waals surface area contributed by atoms with Gasteiger partial charge in [-0.1, -0.05) is 23.7 Å². The molecule has 2 heterocycles. The first-order valence-electron chi connectivity index (χ1n) is 7.09. The Morgan fingerprint density at radius 3 is 2.48 bits per heavy atom. The minimum Gasteiger partial charge on any atom is -0.305 e. The lowest BCUT2D eigenvalue weighted by Gasteiger charge is -2.05. The maximum absolute atomic E-state index is 12.7. The van der Waals surface area contributed by atoms with Crippen molar-refractivity contribution >= 4 is 28.2 Å². The summed E-state index contributed by atoms with van der Waals surface area (Å²) in [6.45, 7) is 0. The highest BCUT2D eigenvalue weighted by Crippen LogP contribution is 2.30. The molecule has 126 valence electrons. The largest absolute Gasteiger partial charge is 0.416 e. The van der Waals surface area contributed by atoms with Crippen LogP contribution in [0.1, 0.15) is 5.56 Å². The molecule has 0 unspecified atom stereocenters. The van der Waals surface area contributed by atoms with Crippen molar-refractivity contribution in [3.8, 4) is 11.4 Å². The van der Waals surface area contributed by atoms with Gasteiger partial charge in [-0.25, -0.2) is 9.78 Å². The molecular formula is C16H8ClF3N4O. The molecule has 0 aliphatic rings. The molecule has 4 rings (SSSR count). The minimum atomic E-state index is -4.42. The van der Waals surface area contributed by atoms with E-state index in [1.165, 1.54) is 12.1 Å². The number of aromatic nitrogens is 4. The Hall–Kier alpha value is -2.87. The number of aromatic amines is 1. The molecule has 0 atom stereocenters. The van der Waals surface area contributed by atoms with Gasteiger partial charge in [0, 0.05) is 16.0 Å². The van der Waals surface area contributed by atoms with E-state index in [0.717, 1.165) is 16.6 Å². The lowest BCUT2D eigenvalue weighted by molar-refractivity contribution is -0.137. The van der Waals surface area contributed by atoms with E-state index in [0.29, 0.717) is 21.5 Å². The standard InChI is InChI=1S/C16H8ClF3N4O/c17-10-5-6-12-11(7-10)14-22-13(23-24(14)15(25)21-12)8-1-3-9(4-2-8)16(18,19)20/h1-7H,(H,21,25). The molecule has 0 amide bonds. The Balaban J connectivity index is 1.92. The number of fused-ring (bicyclic) bond motifs is 3. The normalized spacial score (nSPS) is 12.2. The van der Waals surface area contributed by atoms with Crippen molar-refractivity contribution in [2.45, 2.75) is 6.18 Å². The molecule has 2 aromatic carbocycles. The van der Waals surface area contributed by atoms with E-state index in [1.54, 1.807) is 18.2 Å². The molecule has 0 saturated heterocycles. The molecule has 9 heteroatoms. The Labute approximate surface area is 142 Å². The van der Waals surface area contributed by atoms with Crippen molar-refractivity contribution in [1.82, 2.24) is 19.6 Å². The van der Waals surface area contributed by atoms with Crippen LogP contribution in [0.15, 0.2) is 47.3 Å². The molecule has 2 aromatic heterocycles. The second-order valence-corrected chi connectivity index (χ2v) is 5.80. The van der Waals surface area contributed by atoms with Gasteiger partial charge in [0.2, 0.25) is 0 Å². The van der Waals surface area contributed by atoms with Crippen LogP contribution in [-0.2, 0) is 6.18 Å². The van der Waals surface area contributed by atoms with Gasteiger partial charge < -0.3 is 4.98 Å². The molecule has 0 aliphatic carbocycles. The lowest BCUT2D eigenvalue weighted by atomic mass is 10.1. The zero-order valence-electron chi connectivity index (χ0n) is 12.3. The van der Waals surface area contributed by atoms with E-state index in [2.05, 4.69) is 15.1 Å². The van der Waals surface area contributed by atoms with Crippen LogP contribution >= 0.6 is 11.6 Å². The first-order chi connectivity index (χ1) is 11.8. The van der Waals surface area contributed by atoms with Crippen LogP contribution in [0.25, 0.3) is 27.9 Å². The average Bonchev–Trinajstić information content (AvgIpc) is 3.01. The number of nitrogens with zero attached hydrogens (tertiary/aromatic N) is 3. The fourth-order valence-corrected chi connectivity index (χ4v) is 2.71. The molecule has 0 radical (unpaired) electrons. The highest BCUT2D eigenvalue weighted by Gasteiger charge is 2.30.